The second-order valence-corrected chi connectivity index (χ2v) is 6.86. The summed E-state index contributed by atoms with van der Waals surface area (Å²) < 4.78 is 13.0. The Labute approximate surface area is 139 Å². The van der Waals surface area contributed by atoms with E-state index in [1.807, 2.05) is 11.8 Å². The van der Waals surface area contributed by atoms with Gasteiger partial charge >= 0.3 is 0 Å². The zero-order chi connectivity index (χ0) is 16.7. The van der Waals surface area contributed by atoms with Crippen LogP contribution in [0.1, 0.15) is 19.8 Å². The highest BCUT2D eigenvalue weighted by molar-refractivity contribution is 5.85. The first-order valence-electron chi connectivity index (χ1n) is 8.18. The third-order valence-electron chi connectivity index (χ3n) is 4.86. The summed E-state index contributed by atoms with van der Waals surface area (Å²) in [5, 5.41) is 3.14. The van der Waals surface area contributed by atoms with Gasteiger partial charge in [0.2, 0.25) is 5.91 Å². The summed E-state index contributed by atoms with van der Waals surface area (Å²) in [6.07, 6.45) is 3.96. The highest BCUT2D eigenvalue weighted by Crippen LogP contribution is 2.52. The molecule has 2 fully saturated rings. The number of nitrogens with zero attached hydrogens (tertiary/aromatic N) is 3. The van der Waals surface area contributed by atoms with E-state index < -0.39 is 0 Å². The first-order chi connectivity index (χ1) is 11.5. The summed E-state index contributed by atoms with van der Waals surface area (Å²) in [7, 11) is 0. The standard InChI is InChI=1S/C18H19FN4O/c1-12(17(24)23-9-18(10-23)6-7-18)22-16-8-15(20-11-21-16)13-2-4-14(19)5-3-13/h2-5,8,11-12H,6-7,9-10H2,1H3,(H,20,21,22)/t12-/m1/s1. The summed E-state index contributed by atoms with van der Waals surface area (Å²) in [6, 6.07) is 7.58. The van der Waals surface area contributed by atoms with Gasteiger partial charge in [-0.2, -0.15) is 0 Å². The molecular weight excluding hydrogens is 307 g/mol. The number of rotatable bonds is 4. The normalized spacial score (nSPS) is 18.8. The molecule has 24 heavy (non-hydrogen) atoms. The third kappa shape index (κ3) is 2.84. The van der Waals surface area contributed by atoms with Crippen LogP contribution in [0, 0.1) is 11.2 Å². The van der Waals surface area contributed by atoms with Crippen LogP contribution in [0.3, 0.4) is 0 Å². The van der Waals surface area contributed by atoms with Gasteiger partial charge in [0.15, 0.2) is 0 Å². The molecule has 0 unspecified atom stereocenters. The maximum atomic E-state index is 13.0. The van der Waals surface area contributed by atoms with Crippen molar-refractivity contribution in [1.82, 2.24) is 14.9 Å². The van der Waals surface area contributed by atoms with Gasteiger partial charge in [0.1, 0.15) is 24.0 Å². The summed E-state index contributed by atoms with van der Waals surface area (Å²) in [4.78, 5) is 22.7. The lowest BCUT2D eigenvalue weighted by Crippen LogP contribution is -2.55. The lowest BCUT2D eigenvalue weighted by atomic mass is 9.96. The van der Waals surface area contributed by atoms with Crippen molar-refractivity contribution in [3.8, 4) is 11.3 Å². The number of halogens is 1. The second-order valence-electron chi connectivity index (χ2n) is 6.86. The number of anilines is 1. The van der Waals surface area contributed by atoms with E-state index in [-0.39, 0.29) is 17.8 Å². The topological polar surface area (TPSA) is 58.1 Å². The molecule has 1 aliphatic heterocycles. The fourth-order valence-corrected chi connectivity index (χ4v) is 3.18. The monoisotopic (exact) mass is 326 g/mol. The Morgan fingerprint density at radius 1 is 1.25 bits per heavy atom. The summed E-state index contributed by atoms with van der Waals surface area (Å²) in [5.41, 5.74) is 1.95. The fraction of sp³-hybridized carbons (Fsp3) is 0.389. The molecule has 1 N–H and O–H groups in total. The van der Waals surface area contributed by atoms with Gasteiger partial charge < -0.3 is 10.2 Å². The minimum absolute atomic E-state index is 0.106. The molecule has 1 atom stereocenters. The van der Waals surface area contributed by atoms with Gasteiger partial charge in [-0.25, -0.2) is 14.4 Å². The molecule has 1 aromatic heterocycles. The number of aromatic nitrogens is 2. The maximum absolute atomic E-state index is 13.0. The molecule has 4 rings (SSSR count). The minimum Gasteiger partial charge on any atom is -0.359 e. The molecule has 0 radical (unpaired) electrons. The van der Waals surface area contributed by atoms with Crippen molar-refractivity contribution in [2.45, 2.75) is 25.8 Å². The van der Waals surface area contributed by atoms with Crippen molar-refractivity contribution in [3.63, 3.8) is 0 Å². The van der Waals surface area contributed by atoms with Gasteiger partial charge in [0.25, 0.3) is 0 Å². The molecule has 2 aliphatic rings. The average molecular weight is 326 g/mol. The largest absolute Gasteiger partial charge is 0.359 e. The summed E-state index contributed by atoms with van der Waals surface area (Å²) in [5.74, 6) is 0.412. The fourth-order valence-electron chi connectivity index (χ4n) is 3.18. The van der Waals surface area contributed by atoms with Gasteiger partial charge in [-0.1, -0.05) is 0 Å². The number of hydrogen-bond donors (Lipinski definition) is 1. The molecule has 124 valence electrons. The maximum Gasteiger partial charge on any atom is 0.244 e. The van der Waals surface area contributed by atoms with Crippen LogP contribution in [0.15, 0.2) is 36.7 Å². The van der Waals surface area contributed by atoms with E-state index in [9.17, 15) is 9.18 Å². The third-order valence-corrected chi connectivity index (χ3v) is 4.86. The number of nitrogens with one attached hydrogen (secondary N) is 1. The highest BCUT2D eigenvalue weighted by Gasteiger charge is 2.54. The van der Waals surface area contributed by atoms with Crippen molar-refractivity contribution in [3.05, 3.63) is 42.5 Å². The molecule has 5 nitrogen and oxygen atoms in total. The first-order valence-corrected chi connectivity index (χ1v) is 8.18. The summed E-state index contributed by atoms with van der Waals surface area (Å²) >= 11 is 0. The van der Waals surface area contributed by atoms with Crippen molar-refractivity contribution in [2.24, 2.45) is 5.41 Å². The van der Waals surface area contributed by atoms with Crippen molar-refractivity contribution < 1.29 is 9.18 Å². The molecule has 0 bridgehead atoms. The smallest absolute Gasteiger partial charge is 0.244 e. The van der Waals surface area contributed by atoms with Crippen LogP contribution >= 0.6 is 0 Å². The molecule has 1 saturated carbocycles. The number of benzene rings is 1. The molecule has 2 aromatic rings. The average Bonchev–Trinajstić information content (AvgIpc) is 3.34. The number of carbonyl (C=O) groups is 1. The van der Waals surface area contributed by atoms with E-state index in [2.05, 4.69) is 15.3 Å². The SMILES string of the molecule is C[C@@H](Nc1cc(-c2ccc(F)cc2)ncn1)C(=O)N1CC2(CC2)C1. The number of likely N-dealkylation sites (tertiary alicyclic amines) is 1. The van der Waals surface area contributed by atoms with Crippen molar-refractivity contribution in [1.29, 1.82) is 0 Å². The van der Waals surface area contributed by atoms with E-state index in [1.165, 1.54) is 31.3 Å². The number of amides is 1. The predicted molar refractivity (Wildman–Crippen MR) is 88.8 cm³/mol. The molecular formula is C18H19FN4O. The molecule has 1 saturated heterocycles. The van der Waals surface area contributed by atoms with Gasteiger partial charge in [-0.05, 0) is 44.0 Å². The van der Waals surface area contributed by atoms with Crippen LogP contribution < -0.4 is 5.32 Å². The van der Waals surface area contributed by atoms with E-state index in [0.29, 0.717) is 16.9 Å². The lowest BCUT2D eigenvalue weighted by Gasteiger charge is -2.41. The Bertz CT molecular complexity index is 765. The minimum atomic E-state index is -0.336. The molecule has 1 spiro atoms. The first kappa shape index (κ1) is 15.1. The predicted octanol–water partition coefficient (Wildman–Crippen LogP) is 2.71. The van der Waals surface area contributed by atoms with Crippen LogP contribution in [0.2, 0.25) is 0 Å². The zero-order valence-electron chi connectivity index (χ0n) is 13.5. The molecule has 1 amide bonds. The summed E-state index contributed by atoms with van der Waals surface area (Å²) in [6.45, 7) is 3.63. The van der Waals surface area contributed by atoms with Gasteiger partial charge in [0.05, 0.1) is 5.69 Å². The Balaban J connectivity index is 1.43. The van der Waals surface area contributed by atoms with Gasteiger partial charge in [-0.3, -0.25) is 4.79 Å². The highest BCUT2D eigenvalue weighted by atomic mass is 19.1. The van der Waals surface area contributed by atoms with E-state index in [0.717, 1.165) is 18.7 Å². The van der Waals surface area contributed by atoms with E-state index in [4.69, 9.17) is 0 Å². The van der Waals surface area contributed by atoms with Gasteiger partial charge in [-0.15, -0.1) is 0 Å². The van der Waals surface area contributed by atoms with Crippen molar-refractivity contribution >= 4 is 11.7 Å². The lowest BCUT2D eigenvalue weighted by molar-refractivity contribution is -0.139. The van der Waals surface area contributed by atoms with Gasteiger partial charge in [0, 0.05) is 30.1 Å². The Morgan fingerprint density at radius 3 is 2.62 bits per heavy atom. The Kier molecular flexibility index (Phi) is 3.48. The second kappa shape index (κ2) is 5.54. The number of carbonyl (C=O) groups excluding carboxylic acids is 1. The quantitative estimate of drug-likeness (QED) is 0.938. The zero-order valence-corrected chi connectivity index (χ0v) is 13.5. The molecule has 1 aromatic carbocycles. The number of hydrogen-bond acceptors (Lipinski definition) is 4. The molecule has 2 heterocycles. The Hall–Kier alpha value is -2.50. The van der Waals surface area contributed by atoms with Crippen LogP contribution in [0.25, 0.3) is 11.3 Å². The molecule has 6 heteroatoms. The van der Waals surface area contributed by atoms with E-state index in [1.54, 1.807) is 18.2 Å². The molecule has 1 aliphatic carbocycles. The Morgan fingerprint density at radius 2 is 1.96 bits per heavy atom. The van der Waals surface area contributed by atoms with Crippen LogP contribution in [0.4, 0.5) is 10.2 Å². The van der Waals surface area contributed by atoms with Crippen LogP contribution in [-0.2, 0) is 4.79 Å². The van der Waals surface area contributed by atoms with E-state index >= 15 is 0 Å². The van der Waals surface area contributed by atoms with Crippen molar-refractivity contribution in [2.75, 3.05) is 18.4 Å². The van der Waals surface area contributed by atoms with Crippen LogP contribution in [0.5, 0.6) is 0 Å². The van der Waals surface area contributed by atoms with Crippen LogP contribution in [-0.4, -0.2) is 39.9 Å².